The van der Waals surface area contributed by atoms with Gasteiger partial charge < -0.3 is 20.6 Å². The van der Waals surface area contributed by atoms with Gasteiger partial charge in [-0.15, -0.1) is 0 Å². The highest BCUT2D eigenvalue weighted by Gasteiger charge is 2.44. The van der Waals surface area contributed by atoms with Gasteiger partial charge in [0.05, 0.1) is 11.0 Å². The maximum absolute atomic E-state index is 14.6. The van der Waals surface area contributed by atoms with Gasteiger partial charge in [-0.3, -0.25) is 14.4 Å². The monoisotopic (exact) mass is 539 g/mol. The summed E-state index contributed by atoms with van der Waals surface area (Å²) in [6.07, 6.45) is 3.51. The van der Waals surface area contributed by atoms with E-state index < -0.39 is 35.1 Å². The Morgan fingerprint density at radius 2 is 1.95 bits per heavy atom. The number of carbonyl (C=O) groups excluding carboxylic acids is 3. The first-order valence-electron chi connectivity index (χ1n) is 13.6. The quantitative estimate of drug-likeness (QED) is 0.544. The molecule has 0 aromatic heterocycles. The summed E-state index contributed by atoms with van der Waals surface area (Å²) in [5.41, 5.74) is 1.14. The number of nitrogens with one attached hydrogen (secondary N) is 2. The van der Waals surface area contributed by atoms with Crippen LogP contribution in [0.25, 0.3) is 0 Å². The fourth-order valence-electron chi connectivity index (χ4n) is 6.36. The molecular formula is C30H35F2N3O4. The number of rotatable bonds is 5. The molecular weight excluding hydrogens is 504 g/mol. The van der Waals surface area contributed by atoms with Crippen molar-refractivity contribution in [3.8, 4) is 0 Å². The zero-order valence-electron chi connectivity index (χ0n) is 22.4. The van der Waals surface area contributed by atoms with Gasteiger partial charge in [0.15, 0.2) is 11.6 Å². The van der Waals surface area contributed by atoms with Crippen LogP contribution in [0.5, 0.6) is 0 Å². The predicted octanol–water partition coefficient (Wildman–Crippen LogP) is 3.24. The van der Waals surface area contributed by atoms with Crippen molar-refractivity contribution in [3.63, 3.8) is 0 Å². The second kappa shape index (κ2) is 10.3. The van der Waals surface area contributed by atoms with Gasteiger partial charge in [0.1, 0.15) is 6.04 Å². The lowest BCUT2D eigenvalue weighted by Gasteiger charge is -2.32. The summed E-state index contributed by atoms with van der Waals surface area (Å²) in [6, 6.07) is 8.60. The van der Waals surface area contributed by atoms with E-state index >= 15 is 0 Å². The second-order valence-electron chi connectivity index (χ2n) is 11.9. The highest BCUT2D eigenvalue weighted by molar-refractivity contribution is 5.98. The number of aliphatic hydroxyl groups is 1. The summed E-state index contributed by atoms with van der Waals surface area (Å²) in [5.74, 6) is -3.03. The number of amides is 3. The van der Waals surface area contributed by atoms with Gasteiger partial charge in [0.25, 0.3) is 5.91 Å². The van der Waals surface area contributed by atoms with E-state index in [0.717, 1.165) is 30.0 Å². The van der Waals surface area contributed by atoms with Gasteiger partial charge >= 0.3 is 0 Å². The molecule has 0 saturated carbocycles. The van der Waals surface area contributed by atoms with Crippen LogP contribution in [0.1, 0.15) is 72.5 Å². The maximum Gasteiger partial charge on any atom is 0.251 e. The molecule has 7 nitrogen and oxygen atoms in total. The van der Waals surface area contributed by atoms with Gasteiger partial charge in [0.2, 0.25) is 11.8 Å². The Morgan fingerprint density at radius 1 is 1.15 bits per heavy atom. The molecule has 5 rings (SSSR count). The van der Waals surface area contributed by atoms with Crippen LogP contribution in [0.15, 0.2) is 36.4 Å². The SMILES string of the molecule is CC(C)(O)CN1C[C@H](c2cccc(F)c2F)CCC(NC(=O)c2ccc3c(c2)CCC2(CCNC2=O)C3)C1=O. The van der Waals surface area contributed by atoms with Crippen LogP contribution in [0.4, 0.5) is 8.78 Å². The molecule has 2 aromatic rings. The van der Waals surface area contributed by atoms with E-state index in [2.05, 4.69) is 10.6 Å². The number of likely N-dealkylation sites (tertiary alicyclic amines) is 1. The smallest absolute Gasteiger partial charge is 0.251 e. The zero-order valence-corrected chi connectivity index (χ0v) is 22.4. The average molecular weight is 540 g/mol. The molecule has 0 radical (unpaired) electrons. The molecule has 1 aliphatic carbocycles. The minimum atomic E-state index is -1.22. The molecule has 2 aliphatic heterocycles. The number of carbonyl (C=O) groups is 3. The topological polar surface area (TPSA) is 98.7 Å². The van der Waals surface area contributed by atoms with Gasteiger partial charge in [0, 0.05) is 31.1 Å². The molecule has 2 unspecified atom stereocenters. The van der Waals surface area contributed by atoms with Gasteiger partial charge in [-0.05, 0) is 87.3 Å². The fraction of sp³-hybridized carbons (Fsp3) is 0.500. The van der Waals surface area contributed by atoms with Crippen molar-refractivity contribution in [2.45, 2.75) is 69.9 Å². The third kappa shape index (κ3) is 5.55. The number of fused-ring (bicyclic) bond motifs is 1. The molecule has 3 amide bonds. The Morgan fingerprint density at radius 3 is 2.67 bits per heavy atom. The highest BCUT2D eigenvalue weighted by atomic mass is 19.2. The third-order valence-corrected chi connectivity index (χ3v) is 8.40. The molecule has 3 aliphatic rings. The molecule has 2 fully saturated rings. The number of benzene rings is 2. The van der Waals surface area contributed by atoms with Crippen LogP contribution < -0.4 is 10.6 Å². The number of aryl methyl sites for hydroxylation is 1. The average Bonchev–Trinajstić information content (AvgIpc) is 3.16. The fourth-order valence-corrected chi connectivity index (χ4v) is 6.36. The molecule has 2 saturated heterocycles. The van der Waals surface area contributed by atoms with Crippen molar-refractivity contribution in [2.75, 3.05) is 19.6 Å². The number of β-amino-alcohol motifs (C(OH)–C–C–N with tert-alkyl or cyclic N) is 1. The number of hydrogen-bond donors (Lipinski definition) is 3. The molecule has 0 bridgehead atoms. The third-order valence-electron chi connectivity index (χ3n) is 8.40. The molecule has 9 heteroatoms. The summed E-state index contributed by atoms with van der Waals surface area (Å²) >= 11 is 0. The van der Waals surface area contributed by atoms with Gasteiger partial charge in [-0.2, -0.15) is 0 Å². The largest absolute Gasteiger partial charge is 0.389 e. The Hall–Kier alpha value is -3.33. The van der Waals surface area contributed by atoms with E-state index in [0.29, 0.717) is 31.4 Å². The molecule has 1 spiro atoms. The van der Waals surface area contributed by atoms with Crippen LogP contribution in [0.2, 0.25) is 0 Å². The number of hydrogen-bond acceptors (Lipinski definition) is 4. The van der Waals surface area contributed by atoms with Crippen molar-refractivity contribution in [1.29, 1.82) is 0 Å². The second-order valence-corrected chi connectivity index (χ2v) is 11.9. The van der Waals surface area contributed by atoms with Crippen LogP contribution in [0.3, 0.4) is 0 Å². The highest BCUT2D eigenvalue weighted by Crippen LogP contribution is 2.41. The first-order chi connectivity index (χ1) is 18.5. The number of nitrogens with zero attached hydrogens (tertiary/aromatic N) is 1. The lowest BCUT2D eigenvalue weighted by molar-refractivity contribution is -0.135. The van der Waals surface area contributed by atoms with E-state index in [9.17, 15) is 28.3 Å². The van der Waals surface area contributed by atoms with Crippen molar-refractivity contribution in [3.05, 3.63) is 70.3 Å². The molecule has 3 N–H and O–H groups in total. The maximum atomic E-state index is 14.6. The van der Waals surface area contributed by atoms with Crippen LogP contribution in [0, 0.1) is 17.0 Å². The minimum Gasteiger partial charge on any atom is -0.389 e. The molecule has 208 valence electrons. The van der Waals surface area contributed by atoms with Crippen LogP contribution >= 0.6 is 0 Å². The van der Waals surface area contributed by atoms with Crippen molar-refractivity contribution < 1.29 is 28.3 Å². The minimum absolute atomic E-state index is 0.0141. The number of halogens is 2. The Balaban J connectivity index is 1.34. The van der Waals surface area contributed by atoms with Crippen molar-refractivity contribution >= 4 is 17.7 Å². The van der Waals surface area contributed by atoms with Gasteiger partial charge in [-0.1, -0.05) is 18.2 Å². The lowest BCUT2D eigenvalue weighted by Crippen LogP contribution is -2.51. The Kier molecular flexibility index (Phi) is 7.22. The zero-order chi connectivity index (χ0) is 27.9. The van der Waals surface area contributed by atoms with Crippen molar-refractivity contribution in [1.82, 2.24) is 15.5 Å². The Bertz CT molecular complexity index is 1310. The summed E-state index contributed by atoms with van der Waals surface area (Å²) in [7, 11) is 0. The summed E-state index contributed by atoms with van der Waals surface area (Å²) in [5, 5.41) is 16.2. The summed E-state index contributed by atoms with van der Waals surface area (Å²) in [6.45, 7) is 3.93. The van der Waals surface area contributed by atoms with E-state index in [1.165, 1.54) is 17.0 Å². The molecule has 3 atom stereocenters. The predicted molar refractivity (Wildman–Crippen MR) is 141 cm³/mol. The van der Waals surface area contributed by atoms with E-state index in [4.69, 9.17) is 0 Å². The molecule has 2 heterocycles. The van der Waals surface area contributed by atoms with E-state index in [-0.39, 0.29) is 42.3 Å². The summed E-state index contributed by atoms with van der Waals surface area (Å²) < 4.78 is 28.6. The van der Waals surface area contributed by atoms with Crippen LogP contribution in [-0.4, -0.2) is 59.0 Å². The van der Waals surface area contributed by atoms with E-state index in [1.807, 2.05) is 12.1 Å². The van der Waals surface area contributed by atoms with Crippen molar-refractivity contribution in [2.24, 2.45) is 5.41 Å². The van der Waals surface area contributed by atoms with E-state index in [1.54, 1.807) is 19.9 Å². The molecule has 2 aromatic carbocycles. The lowest BCUT2D eigenvalue weighted by atomic mass is 9.70. The van der Waals surface area contributed by atoms with Crippen LogP contribution in [-0.2, 0) is 22.4 Å². The first-order valence-corrected chi connectivity index (χ1v) is 13.6. The standard InChI is InChI=1S/C30H35F2N3O4/c1-29(2,39)17-35-16-21(22-4-3-5-23(31)25(22)32)8-9-24(27(35)37)34-26(36)19-6-7-20-15-30(11-10-18(20)14-19)12-13-33-28(30)38/h3-7,14,21,24,39H,8-13,15-17H2,1-2H3,(H,33,38)(H,34,36)/t21-,24?,30?/m1/s1. The van der Waals surface area contributed by atoms with Gasteiger partial charge in [-0.25, -0.2) is 8.78 Å². The molecule has 39 heavy (non-hydrogen) atoms. The first kappa shape index (κ1) is 27.2. The Labute approximate surface area is 227 Å². The normalized spacial score (nSPS) is 25.3. The summed E-state index contributed by atoms with van der Waals surface area (Å²) in [4.78, 5) is 40.7.